The normalized spacial score (nSPS) is 11.3. The number of hydrogen-bond acceptors (Lipinski definition) is 5. The Labute approximate surface area is 131 Å². The fourth-order valence-electron chi connectivity index (χ4n) is 2.03. The van der Waals surface area contributed by atoms with Crippen molar-refractivity contribution in [3.63, 3.8) is 0 Å². The lowest BCUT2D eigenvalue weighted by atomic mass is 10.0. The maximum Gasteiger partial charge on any atom is 0.376 e. The molecule has 2 aromatic rings. The largest absolute Gasteiger partial charge is 0.507 e. The van der Waals surface area contributed by atoms with E-state index in [-0.39, 0.29) is 11.3 Å². The molecule has 0 bridgehead atoms. The predicted octanol–water partition coefficient (Wildman–Crippen LogP) is 2.63. The number of furan rings is 1. The number of carboxylic acid groups (broad SMARTS) is 1. The predicted molar refractivity (Wildman–Crippen MR) is 81.2 cm³/mol. The Hall–Kier alpha value is -3.15. The van der Waals surface area contributed by atoms with Crippen LogP contribution >= 0.6 is 0 Å². The van der Waals surface area contributed by atoms with Crippen molar-refractivity contribution in [3.05, 3.63) is 65.1 Å². The molecule has 0 aliphatic heterocycles. The summed E-state index contributed by atoms with van der Waals surface area (Å²) >= 11 is 0. The third-order valence-electron chi connectivity index (χ3n) is 3.25. The van der Waals surface area contributed by atoms with Crippen molar-refractivity contribution in [2.24, 2.45) is 0 Å². The van der Waals surface area contributed by atoms with Gasteiger partial charge in [0.1, 0.15) is 12.0 Å². The molecule has 0 atom stereocenters. The zero-order valence-corrected chi connectivity index (χ0v) is 12.3. The Morgan fingerprint density at radius 2 is 1.74 bits per heavy atom. The van der Waals surface area contributed by atoms with E-state index < -0.39 is 17.5 Å². The van der Waals surface area contributed by atoms with Gasteiger partial charge in [-0.3, -0.25) is 9.59 Å². The monoisotopic (exact) mass is 314 g/mol. The SMILES string of the molecule is CC(=O)c1ccc(Cc2cocc2C(O)=CC(=O)C(=O)O)cc1. The minimum Gasteiger partial charge on any atom is -0.507 e. The van der Waals surface area contributed by atoms with Crippen LogP contribution in [0.4, 0.5) is 0 Å². The highest BCUT2D eigenvalue weighted by Gasteiger charge is 2.15. The average molecular weight is 314 g/mol. The second-order valence-electron chi connectivity index (χ2n) is 4.94. The van der Waals surface area contributed by atoms with E-state index in [4.69, 9.17) is 9.52 Å². The van der Waals surface area contributed by atoms with Crippen molar-refractivity contribution in [2.75, 3.05) is 0 Å². The zero-order valence-electron chi connectivity index (χ0n) is 12.3. The van der Waals surface area contributed by atoms with Gasteiger partial charge in [0.2, 0.25) is 0 Å². The topological polar surface area (TPSA) is 105 Å². The summed E-state index contributed by atoms with van der Waals surface area (Å²) in [5.41, 5.74) is 2.30. The molecule has 2 rings (SSSR count). The number of Topliss-reactive ketones (excluding diaryl/α,β-unsaturated/α-hetero) is 1. The molecule has 0 saturated carbocycles. The molecule has 0 aliphatic rings. The molecule has 118 valence electrons. The number of benzene rings is 1. The first-order valence-corrected chi connectivity index (χ1v) is 6.71. The van der Waals surface area contributed by atoms with E-state index in [1.54, 1.807) is 24.3 Å². The van der Waals surface area contributed by atoms with Crippen LogP contribution in [0, 0.1) is 0 Å². The van der Waals surface area contributed by atoms with Crippen LogP contribution in [-0.4, -0.2) is 27.7 Å². The van der Waals surface area contributed by atoms with Crippen molar-refractivity contribution in [1.82, 2.24) is 0 Å². The molecule has 0 radical (unpaired) electrons. The van der Waals surface area contributed by atoms with Crippen LogP contribution in [-0.2, 0) is 16.0 Å². The number of carbonyl (C=O) groups is 3. The summed E-state index contributed by atoms with van der Waals surface area (Å²) in [7, 11) is 0. The Morgan fingerprint density at radius 1 is 1.09 bits per heavy atom. The van der Waals surface area contributed by atoms with Crippen LogP contribution in [0.2, 0.25) is 0 Å². The second-order valence-corrected chi connectivity index (χ2v) is 4.94. The van der Waals surface area contributed by atoms with Gasteiger partial charge >= 0.3 is 5.97 Å². The quantitative estimate of drug-likeness (QED) is 0.367. The van der Waals surface area contributed by atoms with Crippen molar-refractivity contribution in [3.8, 4) is 0 Å². The first kappa shape index (κ1) is 16.2. The van der Waals surface area contributed by atoms with Gasteiger partial charge in [-0.25, -0.2) is 4.79 Å². The lowest BCUT2D eigenvalue weighted by molar-refractivity contribution is -0.146. The minimum atomic E-state index is -1.65. The van der Waals surface area contributed by atoms with Crippen LogP contribution in [0.3, 0.4) is 0 Å². The average Bonchev–Trinajstić information content (AvgIpc) is 2.95. The van der Waals surface area contributed by atoms with Gasteiger partial charge in [-0.05, 0) is 12.5 Å². The number of hydrogen-bond donors (Lipinski definition) is 2. The molecular formula is C17H14O6. The molecule has 2 N–H and O–H groups in total. The summed E-state index contributed by atoms with van der Waals surface area (Å²) in [6.45, 7) is 1.48. The molecule has 0 saturated heterocycles. The van der Waals surface area contributed by atoms with E-state index in [2.05, 4.69) is 0 Å². The summed E-state index contributed by atoms with van der Waals surface area (Å²) in [4.78, 5) is 32.9. The summed E-state index contributed by atoms with van der Waals surface area (Å²) in [6, 6.07) is 6.94. The van der Waals surface area contributed by atoms with Gasteiger partial charge in [0.25, 0.3) is 5.78 Å². The van der Waals surface area contributed by atoms with Gasteiger partial charge in [-0.15, -0.1) is 0 Å². The Balaban J connectivity index is 2.22. The van der Waals surface area contributed by atoms with Crippen LogP contribution in [0.25, 0.3) is 5.76 Å². The second kappa shape index (κ2) is 6.74. The van der Waals surface area contributed by atoms with Crippen molar-refractivity contribution in [1.29, 1.82) is 0 Å². The zero-order chi connectivity index (χ0) is 17.0. The molecule has 6 nitrogen and oxygen atoms in total. The number of carboxylic acids is 1. The van der Waals surface area contributed by atoms with E-state index in [0.29, 0.717) is 23.6 Å². The molecule has 1 aromatic carbocycles. The highest BCUT2D eigenvalue weighted by atomic mass is 16.4. The van der Waals surface area contributed by atoms with Gasteiger partial charge in [0.15, 0.2) is 5.78 Å². The molecule has 6 heteroatoms. The van der Waals surface area contributed by atoms with Crippen LogP contribution in [0.1, 0.15) is 34.0 Å². The summed E-state index contributed by atoms with van der Waals surface area (Å²) in [5, 5.41) is 18.4. The van der Waals surface area contributed by atoms with Gasteiger partial charge in [0, 0.05) is 23.6 Å². The van der Waals surface area contributed by atoms with E-state index >= 15 is 0 Å². The smallest absolute Gasteiger partial charge is 0.376 e. The molecule has 0 fully saturated rings. The number of ketones is 2. The number of aliphatic carboxylic acids is 1. The maximum absolute atomic E-state index is 11.2. The first-order valence-electron chi connectivity index (χ1n) is 6.71. The van der Waals surface area contributed by atoms with Gasteiger partial charge in [-0.2, -0.15) is 0 Å². The molecule has 0 spiro atoms. The maximum atomic E-state index is 11.2. The Morgan fingerprint density at radius 3 is 2.30 bits per heavy atom. The molecule has 1 heterocycles. The van der Waals surface area contributed by atoms with Crippen LogP contribution in [0.5, 0.6) is 0 Å². The van der Waals surface area contributed by atoms with Crippen molar-refractivity contribution < 1.29 is 29.0 Å². The highest BCUT2D eigenvalue weighted by Crippen LogP contribution is 2.22. The van der Waals surface area contributed by atoms with E-state index in [1.165, 1.54) is 19.5 Å². The molecule has 23 heavy (non-hydrogen) atoms. The number of aliphatic hydroxyl groups excluding tert-OH is 1. The molecule has 0 amide bonds. The lowest BCUT2D eigenvalue weighted by Crippen LogP contribution is -2.09. The minimum absolute atomic E-state index is 0.0340. The van der Waals surface area contributed by atoms with Gasteiger partial charge in [-0.1, -0.05) is 24.3 Å². The fraction of sp³-hybridized carbons (Fsp3) is 0.118. The number of carbonyl (C=O) groups excluding carboxylic acids is 2. The third kappa shape index (κ3) is 3.94. The summed E-state index contributed by atoms with van der Waals surface area (Å²) < 4.78 is 5.03. The number of aliphatic hydroxyl groups is 1. The van der Waals surface area contributed by atoms with Crippen LogP contribution < -0.4 is 0 Å². The van der Waals surface area contributed by atoms with Crippen LogP contribution in [0.15, 0.2) is 47.3 Å². The van der Waals surface area contributed by atoms with Gasteiger partial charge in [0.05, 0.1) is 11.8 Å². The standard InChI is InChI=1S/C17H14O6/c1-10(18)12-4-2-11(3-5-12)6-13-8-23-9-14(13)15(19)7-16(20)17(21)22/h2-5,7-9,19H,6H2,1H3,(H,21,22). The molecular weight excluding hydrogens is 300 g/mol. The number of rotatable bonds is 6. The van der Waals surface area contributed by atoms with Crippen molar-refractivity contribution in [2.45, 2.75) is 13.3 Å². The van der Waals surface area contributed by atoms with E-state index in [1.807, 2.05) is 0 Å². The molecule has 1 aromatic heterocycles. The molecule has 0 aliphatic carbocycles. The third-order valence-corrected chi connectivity index (χ3v) is 3.25. The fourth-order valence-corrected chi connectivity index (χ4v) is 2.03. The Bertz CT molecular complexity index is 780. The summed E-state index contributed by atoms with van der Waals surface area (Å²) in [6.07, 6.45) is 3.67. The Kier molecular flexibility index (Phi) is 4.75. The summed E-state index contributed by atoms with van der Waals surface area (Å²) in [5.74, 6) is -3.38. The van der Waals surface area contributed by atoms with Crippen molar-refractivity contribution >= 4 is 23.3 Å². The first-order chi connectivity index (χ1) is 10.9. The highest BCUT2D eigenvalue weighted by molar-refractivity contribution is 6.38. The van der Waals surface area contributed by atoms with E-state index in [0.717, 1.165) is 5.56 Å². The van der Waals surface area contributed by atoms with E-state index in [9.17, 15) is 19.5 Å². The van der Waals surface area contributed by atoms with Gasteiger partial charge < -0.3 is 14.6 Å². The molecule has 0 unspecified atom stereocenters. The lowest BCUT2D eigenvalue weighted by Gasteiger charge is -2.03.